The SMILES string of the molecule is Cc1ccc(-c2cc(C(C)(C)c3ccccc3)ccn2)c2sc3ccccc3c12. The van der Waals surface area contributed by atoms with Crippen LogP contribution in [0, 0.1) is 6.92 Å². The number of nitrogens with zero attached hydrogens (tertiary/aromatic N) is 1. The van der Waals surface area contributed by atoms with E-state index < -0.39 is 0 Å². The van der Waals surface area contributed by atoms with Gasteiger partial charge in [0.1, 0.15) is 0 Å². The zero-order valence-electron chi connectivity index (χ0n) is 16.9. The van der Waals surface area contributed by atoms with Gasteiger partial charge < -0.3 is 0 Å². The topological polar surface area (TPSA) is 12.9 Å². The number of aromatic nitrogens is 1. The van der Waals surface area contributed by atoms with Crippen molar-refractivity contribution in [1.29, 1.82) is 0 Å². The zero-order valence-corrected chi connectivity index (χ0v) is 17.8. The number of aryl methyl sites for hydroxylation is 1. The molecular formula is C27H23NS. The van der Waals surface area contributed by atoms with E-state index in [0.717, 1.165) is 5.69 Å². The van der Waals surface area contributed by atoms with E-state index >= 15 is 0 Å². The molecule has 0 aliphatic rings. The van der Waals surface area contributed by atoms with Crippen LogP contribution in [0.3, 0.4) is 0 Å². The Balaban J connectivity index is 1.71. The average Bonchev–Trinajstić information content (AvgIpc) is 3.15. The molecule has 5 aromatic rings. The second-order valence-corrected chi connectivity index (χ2v) is 9.21. The van der Waals surface area contributed by atoms with Crippen LogP contribution in [-0.2, 0) is 5.41 Å². The van der Waals surface area contributed by atoms with Gasteiger partial charge in [-0.3, -0.25) is 4.98 Å². The van der Waals surface area contributed by atoms with Crippen LogP contribution >= 0.6 is 11.3 Å². The Kier molecular flexibility index (Phi) is 4.25. The fourth-order valence-electron chi connectivity index (χ4n) is 4.18. The molecule has 0 spiro atoms. The molecular weight excluding hydrogens is 370 g/mol. The minimum Gasteiger partial charge on any atom is -0.256 e. The van der Waals surface area contributed by atoms with Crippen LogP contribution in [0.5, 0.6) is 0 Å². The van der Waals surface area contributed by atoms with Gasteiger partial charge in [-0.05, 0) is 41.8 Å². The molecule has 0 unspecified atom stereocenters. The summed E-state index contributed by atoms with van der Waals surface area (Å²) >= 11 is 1.87. The van der Waals surface area contributed by atoms with E-state index in [2.05, 4.69) is 99.6 Å². The van der Waals surface area contributed by atoms with Gasteiger partial charge in [-0.25, -0.2) is 0 Å². The third-order valence-electron chi connectivity index (χ3n) is 5.99. The largest absolute Gasteiger partial charge is 0.256 e. The van der Waals surface area contributed by atoms with Gasteiger partial charge in [0.2, 0.25) is 0 Å². The average molecular weight is 394 g/mol. The van der Waals surface area contributed by atoms with E-state index in [1.54, 1.807) is 0 Å². The normalized spacial score (nSPS) is 12.0. The van der Waals surface area contributed by atoms with Crippen molar-refractivity contribution in [2.24, 2.45) is 0 Å². The van der Waals surface area contributed by atoms with Gasteiger partial charge in [0.25, 0.3) is 0 Å². The Labute approximate surface area is 175 Å². The summed E-state index contributed by atoms with van der Waals surface area (Å²) in [5.74, 6) is 0. The number of thiophene rings is 1. The molecule has 0 N–H and O–H groups in total. The molecule has 0 aliphatic carbocycles. The molecule has 0 bridgehead atoms. The lowest BCUT2D eigenvalue weighted by molar-refractivity contribution is 0.640. The Morgan fingerprint density at radius 2 is 1.55 bits per heavy atom. The maximum Gasteiger partial charge on any atom is 0.0719 e. The minimum atomic E-state index is -0.0804. The van der Waals surface area contributed by atoms with Crippen LogP contribution < -0.4 is 0 Å². The van der Waals surface area contributed by atoms with E-state index in [1.807, 2.05) is 17.5 Å². The lowest BCUT2D eigenvalue weighted by Crippen LogP contribution is -2.18. The monoisotopic (exact) mass is 393 g/mol. The molecule has 0 radical (unpaired) electrons. The molecule has 1 nitrogen and oxygen atoms in total. The van der Waals surface area contributed by atoms with E-state index in [1.165, 1.54) is 42.4 Å². The fraction of sp³-hybridized carbons (Fsp3) is 0.148. The molecule has 5 rings (SSSR count). The first kappa shape index (κ1) is 18.1. The van der Waals surface area contributed by atoms with Crippen molar-refractivity contribution < 1.29 is 0 Å². The highest BCUT2D eigenvalue weighted by Gasteiger charge is 2.24. The summed E-state index contributed by atoms with van der Waals surface area (Å²) in [4.78, 5) is 4.77. The molecule has 2 aromatic heterocycles. The Morgan fingerprint density at radius 1 is 0.793 bits per heavy atom. The second kappa shape index (κ2) is 6.82. The van der Waals surface area contributed by atoms with E-state index in [9.17, 15) is 0 Å². The number of fused-ring (bicyclic) bond motifs is 3. The van der Waals surface area contributed by atoms with Gasteiger partial charge in [0.15, 0.2) is 0 Å². The summed E-state index contributed by atoms with van der Waals surface area (Å²) in [6.07, 6.45) is 1.95. The maximum absolute atomic E-state index is 4.77. The van der Waals surface area contributed by atoms with Gasteiger partial charge >= 0.3 is 0 Å². The number of benzene rings is 3. The smallest absolute Gasteiger partial charge is 0.0719 e. The van der Waals surface area contributed by atoms with Crippen LogP contribution in [0.4, 0.5) is 0 Å². The summed E-state index contributed by atoms with van der Waals surface area (Å²) in [7, 11) is 0. The van der Waals surface area contributed by atoms with Gasteiger partial charge in [-0.2, -0.15) is 0 Å². The van der Waals surface area contributed by atoms with Crippen molar-refractivity contribution in [2.75, 3.05) is 0 Å². The lowest BCUT2D eigenvalue weighted by atomic mass is 9.78. The molecule has 0 amide bonds. The van der Waals surface area contributed by atoms with Gasteiger partial charge in [0.05, 0.1) is 5.69 Å². The first-order chi connectivity index (χ1) is 14.1. The van der Waals surface area contributed by atoms with Crippen molar-refractivity contribution >= 4 is 31.5 Å². The molecule has 0 fully saturated rings. The quantitative estimate of drug-likeness (QED) is 0.305. The van der Waals surface area contributed by atoms with E-state index in [0.29, 0.717) is 0 Å². The third-order valence-corrected chi connectivity index (χ3v) is 7.19. The highest BCUT2D eigenvalue weighted by molar-refractivity contribution is 7.26. The van der Waals surface area contributed by atoms with E-state index in [-0.39, 0.29) is 5.41 Å². The second-order valence-electron chi connectivity index (χ2n) is 8.15. The van der Waals surface area contributed by atoms with Crippen LogP contribution in [0.15, 0.2) is 85.1 Å². The number of hydrogen-bond acceptors (Lipinski definition) is 2. The van der Waals surface area contributed by atoms with Crippen molar-refractivity contribution in [3.63, 3.8) is 0 Å². The first-order valence-corrected chi connectivity index (χ1v) is 10.8. The van der Waals surface area contributed by atoms with Crippen LogP contribution in [0.1, 0.15) is 30.5 Å². The highest BCUT2D eigenvalue weighted by atomic mass is 32.1. The molecule has 0 aliphatic heterocycles. The van der Waals surface area contributed by atoms with Crippen LogP contribution in [0.2, 0.25) is 0 Å². The van der Waals surface area contributed by atoms with Crippen LogP contribution in [-0.4, -0.2) is 4.98 Å². The number of pyridine rings is 1. The summed E-state index contributed by atoms with van der Waals surface area (Å²) in [5, 5.41) is 2.70. The van der Waals surface area contributed by atoms with Gasteiger partial charge in [0, 0.05) is 37.3 Å². The Morgan fingerprint density at radius 3 is 2.38 bits per heavy atom. The molecule has 0 atom stereocenters. The summed E-state index contributed by atoms with van der Waals surface area (Å²) in [6.45, 7) is 6.77. The summed E-state index contributed by atoms with van der Waals surface area (Å²) in [5.41, 5.74) is 6.10. The van der Waals surface area contributed by atoms with Crippen molar-refractivity contribution in [2.45, 2.75) is 26.2 Å². The Hall–Kier alpha value is -2.97. The van der Waals surface area contributed by atoms with Gasteiger partial charge in [-0.15, -0.1) is 11.3 Å². The molecule has 142 valence electrons. The Bertz CT molecular complexity index is 1330. The molecule has 0 saturated carbocycles. The molecule has 3 aromatic carbocycles. The molecule has 0 saturated heterocycles. The van der Waals surface area contributed by atoms with Gasteiger partial charge in [-0.1, -0.05) is 74.5 Å². The minimum absolute atomic E-state index is 0.0804. The molecule has 2 heteroatoms. The summed E-state index contributed by atoms with van der Waals surface area (Å²) < 4.78 is 2.66. The predicted octanol–water partition coefficient (Wildman–Crippen LogP) is 7.75. The summed E-state index contributed by atoms with van der Waals surface area (Å²) in [6, 6.07) is 28.3. The van der Waals surface area contributed by atoms with E-state index in [4.69, 9.17) is 4.98 Å². The van der Waals surface area contributed by atoms with Crippen molar-refractivity contribution in [1.82, 2.24) is 4.98 Å². The maximum atomic E-state index is 4.77. The van der Waals surface area contributed by atoms with Crippen LogP contribution in [0.25, 0.3) is 31.4 Å². The fourth-order valence-corrected chi connectivity index (χ4v) is 5.49. The molecule has 2 heterocycles. The standard InChI is InChI=1S/C27H23NS/c1-18-13-14-21(26-25(18)22-11-7-8-12-24(22)29-26)23-17-20(15-16-28-23)27(2,3)19-9-5-4-6-10-19/h4-17H,1-3H3. The number of rotatable bonds is 3. The third kappa shape index (κ3) is 2.95. The highest BCUT2D eigenvalue weighted by Crippen LogP contribution is 2.42. The molecule has 29 heavy (non-hydrogen) atoms. The van der Waals surface area contributed by atoms with Crippen molar-refractivity contribution in [3.05, 3.63) is 102 Å². The zero-order chi connectivity index (χ0) is 20.0. The van der Waals surface area contributed by atoms with Crippen molar-refractivity contribution in [3.8, 4) is 11.3 Å². The number of hydrogen-bond donors (Lipinski definition) is 0. The first-order valence-electron chi connectivity index (χ1n) is 9.99. The predicted molar refractivity (Wildman–Crippen MR) is 126 cm³/mol. The lowest BCUT2D eigenvalue weighted by Gasteiger charge is -2.26.